The third-order valence-corrected chi connectivity index (χ3v) is 4.04. The monoisotopic (exact) mass is 308 g/mol. The van der Waals surface area contributed by atoms with Crippen LogP contribution in [0.3, 0.4) is 0 Å². The maximum absolute atomic E-state index is 12.6. The lowest BCUT2D eigenvalue weighted by atomic mass is 9.83. The molecule has 2 aromatic carbocycles. The number of hydrogen-bond donors (Lipinski definition) is 0. The molecule has 116 valence electrons. The SMILES string of the molecule is CCC(C)OC(=O)c1ccc2c(c1)C(=O)c1ccccc1C2=O. The number of ketones is 2. The lowest BCUT2D eigenvalue weighted by molar-refractivity contribution is 0.0334. The van der Waals surface area contributed by atoms with Gasteiger partial charge in [0.2, 0.25) is 0 Å². The number of carbonyl (C=O) groups excluding carboxylic acids is 3. The van der Waals surface area contributed by atoms with Gasteiger partial charge in [0, 0.05) is 22.3 Å². The van der Waals surface area contributed by atoms with Crippen LogP contribution in [0.5, 0.6) is 0 Å². The van der Waals surface area contributed by atoms with Crippen LogP contribution in [0.2, 0.25) is 0 Å². The normalized spacial score (nSPS) is 14.0. The molecule has 0 heterocycles. The Hall–Kier alpha value is -2.75. The first-order valence-electron chi connectivity index (χ1n) is 7.56. The van der Waals surface area contributed by atoms with Crippen LogP contribution in [-0.2, 0) is 4.74 Å². The van der Waals surface area contributed by atoms with Crippen LogP contribution in [0, 0.1) is 0 Å². The predicted octanol–water partition coefficient (Wildman–Crippen LogP) is 3.42. The molecule has 1 unspecified atom stereocenters. The van der Waals surface area contributed by atoms with Crippen LogP contribution >= 0.6 is 0 Å². The summed E-state index contributed by atoms with van der Waals surface area (Å²) in [4.78, 5) is 37.2. The van der Waals surface area contributed by atoms with Gasteiger partial charge in [0.05, 0.1) is 11.7 Å². The number of hydrogen-bond acceptors (Lipinski definition) is 4. The molecule has 1 atom stereocenters. The Labute approximate surface area is 134 Å². The van der Waals surface area contributed by atoms with Crippen molar-refractivity contribution in [2.45, 2.75) is 26.4 Å². The van der Waals surface area contributed by atoms with Gasteiger partial charge in [0.1, 0.15) is 0 Å². The van der Waals surface area contributed by atoms with Crippen molar-refractivity contribution >= 4 is 17.5 Å². The lowest BCUT2D eigenvalue weighted by Gasteiger charge is -2.18. The summed E-state index contributed by atoms with van der Waals surface area (Å²) in [5.74, 6) is -0.924. The third-order valence-electron chi connectivity index (χ3n) is 4.04. The van der Waals surface area contributed by atoms with E-state index < -0.39 is 5.97 Å². The molecule has 0 saturated carbocycles. The van der Waals surface area contributed by atoms with E-state index in [9.17, 15) is 14.4 Å². The van der Waals surface area contributed by atoms with Crippen molar-refractivity contribution in [1.82, 2.24) is 0 Å². The minimum atomic E-state index is -0.485. The zero-order chi connectivity index (χ0) is 16.6. The first-order valence-corrected chi connectivity index (χ1v) is 7.56. The lowest BCUT2D eigenvalue weighted by Crippen LogP contribution is -2.22. The summed E-state index contributed by atoms with van der Waals surface area (Å²) in [6.45, 7) is 3.73. The molecule has 1 aliphatic rings. The average Bonchev–Trinajstić information content (AvgIpc) is 2.59. The maximum atomic E-state index is 12.6. The van der Waals surface area contributed by atoms with Crippen molar-refractivity contribution in [1.29, 1.82) is 0 Å². The zero-order valence-corrected chi connectivity index (χ0v) is 13.0. The van der Waals surface area contributed by atoms with Crippen LogP contribution < -0.4 is 0 Å². The molecule has 2 aromatic rings. The van der Waals surface area contributed by atoms with Gasteiger partial charge < -0.3 is 4.74 Å². The molecule has 0 N–H and O–H groups in total. The molecule has 0 aliphatic heterocycles. The topological polar surface area (TPSA) is 60.4 Å². The van der Waals surface area contributed by atoms with Gasteiger partial charge in [-0.05, 0) is 31.5 Å². The van der Waals surface area contributed by atoms with E-state index in [-0.39, 0.29) is 28.8 Å². The molecule has 4 heteroatoms. The predicted molar refractivity (Wildman–Crippen MR) is 84.9 cm³/mol. The van der Waals surface area contributed by atoms with Crippen molar-refractivity contribution in [2.24, 2.45) is 0 Å². The van der Waals surface area contributed by atoms with Gasteiger partial charge in [0.25, 0.3) is 0 Å². The summed E-state index contributed by atoms with van der Waals surface area (Å²) < 4.78 is 5.27. The van der Waals surface area contributed by atoms with Crippen LogP contribution in [0.25, 0.3) is 0 Å². The van der Waals surface area contributed by atoms with Crippen molar-refractivity contribution in [3.05, 3.63) is 70.3 Å². The summed E-state index contributed by atoms with van der Waals surface area (Å²) >= 11 is 0. The van der Waals surface area contributed by atoms with Gasteiger partial charge in [-0.1, -0.05) is 31.2 Å². The fourth-order valence-corrected chi connectivity index (χ4v) is 2.56. The molecule has 0 saturated heterocycles. The first-order chi connectivity index (χ1) is 11.0. The van der Waals surface area contributed by atoms with Gasteiger partial charge in [-0.15, -0.1) is 0 Å². The summed E-state index contributed by atoms with van der Waals surface area (Å²) in [5, 5.41) is 0. The number of ether oxygens (including phenoxy) is 1. The molecular weight excluding hydrogens is 292 g/mol. The van der Waals surface area contributed by atoms with Gasteiger partial charge in [0.15, 0.2) is 11.6 Å². The second kappa shape index (κ2) is 5.80. The molecular formula is C19H16O4. The standard InChI is InChI=1S/C19H16O4/c1-3-11(2)23-19(22)12-8-9-15-16(10-12)18(21)14-7-5-4-6-13(14)17(15)20/h4-11H,3H2,1-2H3. The number of esters is 1. The highest BCUT2D eigenvalue weighted by Crippen LogP contribution is 2.28. The zero-order valence-electron chi connectivity index (χ0n) is 13.0. The number of fused-ring (bicyclic) bond motifs is 2. The van der Waals surface area contributed by atoms with Crippen molar-refractivity contribution in [3.63, 3.8) is 0 Å². The summed E-state index contributed by atoms with van der Waals surface area (Å²) in [7, 11) is 0. The molecule has 23 heavy (non-hydrogen) atoms. The van der Waals surface area contributed by atoms with E-state index >= 15 is 0 Å². The fraction of sp³-hybridized carbons (Fsp3) is 0.211. The highest BCUT2D eigenvalue weighted by atomic mass is 16.5. The molecule has 0 bridgehead atoms. The highest BCUT2D eigenvalue weighted by Gasteiger charge is 2.30. The highest BCUT2D eigenvalue weighted by molar-refractivity contribution is 6.28. The number of carbonyl (C=O) groups is 3. The molecule has 4 nitrogen and oxygen atoms in total. The Morgan fingerprint density at radius 1 is 0.957 bits per heavy atom. The molecule has 0 aromatic heterocycles. The van der Waals surface area contributed by atoms with Gasteiger partial charge >= 0.3 is 5.97 Å². The van der Waals surface area contributed by atoms with E-state index in [4.69, 9.17) is 4.74 Å². The fourth-order valence-electron chi connectivity index (χ4n) is 2.56. The minimum Gasteiger partial charge on any atom is -0.459 e. The minimum absolute atomic E-state index is 0.197. The molecule has 0 spiro atoms. The Morgan fingerprint density at radius 2 is 1.52 bits per heavy atom. The maximum Gasteiger partial charge on any atom is 0.338 e. The van der Waals surface area contributed by atoms with Crippen molar-refractivity contribution in [2.75, 3.05) is 0 Å². The van der Waals surface area contributed by atoms with E-state index in [1.54, 1.807) is 31.2 Å². The molecule has 0 amide bonds. The Bertz CT molecular complexity index is 820. The van der Waals surface area contributed by atoms with Gasteiger partial charge in [-0.25, -0.2) is 4.79 Å². The van der Waals surface area contributed by atoms with Crippen molar-refractivity contribution in [3.8, 4) is 0 Å². The van der Waals surface area contributed by atoms with E-state index in [0.717, 1.165) is 0 Å². The second-order valence-electron chi connectivity index (χ2n) is 5.59. The van der Waals surface area contributed by atoms with E-state index in [1.165, 1.54) is 18.2 Å². The van der Waals surface area contributed by atoms with Gasteiger partial charge in [-0.3, -0.25) is 9.59 Å². The second-order valence-corrected chi connectivity index (χ2v) is 5.59. The Morgan fingerprint density at radius 3 is 2.13 bits per heavy atom. The summed E-state index contributed by atoms with van der Waals surface area (Å²) in [6.07, 6.45) is 0.512. The van der Waals surface area contributed by atoms with E-state index in [0.29, 0.717) is 23.1 Å². The number of benzene rings is 2. The summed E-state index contributed by atoms with van der Waals surface area (Å²) in [5.41, 5.74) is 1.64. The first kappa shape index (κ1) is 15.2. The molecule has 3 rings (SSSR count). The third kappa shape index (κ3) is 2.57. The smallest absolute Gasteiger partial charge is 0.338 e. The van der Waals surface area contributed by atoms with Gasteiger partial charge in [-0.2, -0.15) is 0 Å². The van der Waals surface area contributed by atoms with E-state index in [1.807, 2.05) is 6.92 Å². The summed E-state index contributed by atoms with van der Waals surface area (Å²) in [6, 6.07) is 11.2. The average molecular weight is 308 g/mol. The van der Waals surface area contributed by atoms with Crippen LogP contribution in [-0.4, -0.2) is 23.6 Å². The Balaban J connectivity index is 2.02. The van der Waals surface area contributed by atoms with Crippen LogP contribution in [0.4, 0.5) is 0 Å². The van der Waals surface area contributed by atoms with Crippen LogP contribution in [0.1, 0.15) is 62.5 Å². The van der Waals surface area contributed by atoms with Crippen molar-refractivity contribution < 1.29 is 19.1 Å². The molecule has 0 radical (unpaired) electrons. The Kier molecular flexibility index (Phi) is 3.82. The van der Waals surface area contributed by atoms with Crippen LogP contribution in [0.15, 0.2) is 42.5 Å². The molecule has 0 fully saturated rings. The number of rotatable bonds is 3. The molecule has 1 aliphatic carbocycles. The quantitative estimate of drug-likeness (QED) is 0.696. The van der Waals surface area contributed by atoms with E-state index in [2.05, 4.69) is 0 Å². The largest absolute Gasteiger partial charge is 0.459 e.